The van der Waals surface area contributed by atoms with Gasteiger partial charge in [-0.15, -0.1) is 0 Å². The molecule has 0 aliphatic rings. The summed E-state index contributed by atoms with van der Waals surface area (Å²) in [7, 11) is 0. The van der Waals surface area contributed by atoms with Crippen molar-refractivity contribution in [1.29, 1.82) is 0 Å². The van der Waals surface area contributed by atoms with Crippen LogP contribution in [-0.2, 0) is 19.1 Å². The maximum Gasteiger partial charge on any atom is 0.307 e. The number of hydrogen-bond donors (Lipinski definition) is 1. The largest absolute Gasteiger partial charge is 0.491 e. The van der Waals surface area contributed by atoms with E-state index < -0.39 is 0 Å². The molecular formula is C15H21NO5. The lowest BCUT2D eigenvalue weighted by Crippen LogP contribution is -2.30. The van der Waals surface area contributed by atoms with Crippen molar-refractivity contribution in [2.75, 3.05) is 33.0 Å². The van der Waals surface area contributed by atoms with E-state index >= 15 is 0 Å². The standard InChI is InChI=1S/C15H21NO5/c1-2-20-15(18)8-9-16-14(17)12-19-10-11-21-13-6-4-3-5-7-13/h3-7H,2,8-12H2,1H3,(H,16,17). The Bertz CT molecular complexity index is 421. The number of para-hydroxylation sites is 1. The van der Waals surface area contributed by atoms with Gasteiger partial charge in [0.1, 0.15) is 19.0 Å². The number of hydrogen-bond acceptors (Lipinski definition) is 5. The smallest absolute Gasteiger partial charge is 0.307 e. The summed E-state index contributed by atoms with van der Waals surface area (Å²) in [5, 5.41) is 2.57. The quantitative estimate of drug-likeness (QED) is 0.518. The Hall–Kier alpha value is -2.08. The highest BCUT2D eigenvalue weighted by Gasteiger charge is 2.04. The molecule has 0 radical (unpaired) electrons. The van der Waals surface area contributed by atoms with E-state index in [0.29, 0.717) is 19.8 Å². The number of benzene rings is 1. The number of rotatable bonds is 10. The molecule has 1 rings (SSSR count). The minimum atomic E-state index is -0.324. The van der Waals surface area contributed by atoms with Gasteiger partial charge in [-0.3, -0.25) is 9.59 Å². The Balaban J connectivity index is 1.97. The summed E-state index contributed by atoms with van der Waals surface area (Å²) < 4.78 is 15.3. The lowest BCUT2D eigenvalue weighted by atomic mass is 10.3. The molecule has 116 valence electrons. The Labute approximate surface area is 124 Å². The molecule has 21 heavy (non-hydrogen) atoms. The molecule has 6 heteroatoms. The number of nitrogens with one attached hydrogen (secondary N) is 1. The molecule has 0 aliphatic heterocycles. The zero-order valence-corrected chi connectivity index (χ0v) is 12.2. The number of ether oxygens (including phenoxy) is 3. The van der Waals surface area contributed by atoms with Crippen LogP contribution in [0.2, 0.25) is 0 Å². The normalized spacial score (nSPS) is 9.95. The summed E-state index contributed by atoms with van der Waals surface area (Å²) >= 11 is 0. The van der Waals surface area contributed by atoms with Crippen LogP contribution < -0.4 is 10.1 Å². The fourth-order valence-electron chi connectivity index (χ4n) is 1.49. The Morgan fingerprint density at radius 3 is 2.62 bits per heavy atom. The van der Waals surface area contributed by atoms with E-state index in [1.54, 1.807) is 6.92 Å². The third-order valence-corrected chi connectivity index (χ3v) is 2.43. The highest BCUT2D eigenvalue weighted by Crippen LogP contribution is 2.07. The molecular weight excluding hydrogens is 274 g/mol. The third kappa shape index (κ3) is 8.65. The second-order valence-electron chi connectivity index (χ2n) is 4.12. The minimum Gasteiger partial charge on any atom is -0.491 e. The van der Waals surface area contributed by atoms with Crippen molar-refractivity contribution >= 4 is 11.9 Å². The fraction of sp³-hybridized carbons (Fsp3) is 0.467. The first-order chi connectivity index (χ1) is 10.2. The molecule has 6 nitrogen and oxygen atoms in total. The fourth-order valence-corrected chi connectivity index (χ4v) is 1.49. The van der Waals surface area contributed by atoms with E-state index in [2.05, 4.69) is 5.32 Å². The lowest BCUT2D eigenvalue weighted by molar-refractivity contribution is -0.143. The van der Waals surface area contributed by atoms with Crippen LogP contribution >= 0.6 is 0 Å². The van der Waals surface area contributed by atoms with Gasteiger partial charge in [-0.1, -0.05) is 18.2 Å². The SMILES string of the molecule is CCOC(=O)CCNC(=O)COCCOc1ccccc1. The average Bonchev–Trinajstić information content (AvgIpc) is 2.48. The highest BCUT2D eigenvalue weighted by molar-refractivity contribution is 5.78. The molecule has 1 amide bonds. The van der Waals surface area contributed by atoms with Crippen LogP contribution in [-0.4, -0.2) is 44.8 Å². The maximum absolute atomic E-state index is 11.4. The van der Waals surface area contributed by atoms with Gasteiger partial charge in [0.05, 0.1) is 19.6 Å². The van der Waals surface area contributed by atoms with E-state index in [1.165, 1.54) is 0 Å². The summed E-state index contributed by atoms with van der Waals surface area (Å²) in [5.41, 5.74) is 0. The first-order valence-electron chi connectivity index (χ1n) is 6.90. The summed E-state index contributed by atoms with van der Waals surface area (Å²) in [4.78, 5) is 22.4. The molecule has 0 aliphatic carbocycles. The van der Waals surface area contributed by atoms with Gasteiger partial charge in [-0.25, -0.2) is 0 Å². The number of amides is 1. The van der Waals surface area contributed by atoms with Crippen molar-refractivity contribution in [3.63, 3.8) is 0 Å². The van der Waals surface area contributed by atoms with Crippen molar-refractivity contribution in [1.82, 2.24) is 5.32 Å². The molecule has 0 saturated heterocycles. The summed E-state index contributed by atoms with van der Waals surface area (Å²) in [6.45, 7) is 2.97. The van der Waals surface area contributed by atoms with Gasteiger partial charge in [-0.05, 0) is 19.1 Å². The van der Waals surface area contributed by atoms with Crippen molar-refractivity contribution < 1.29 is 23.8 Å². The Morgan fingerprint density at radius 2 is 1.90 bits per heavy atom. The van der Waals surface area contributed by atoms with Crippen LogP contribution in [0.15, 0.2) is 30.3 Å². The number of carbonyl (C=O) groups is 2. The molecule has 0 unspecified atom stereocenters. The summed E-state index contributed by atoms with van der Waals surface area (Å²) in [5.74, 6) is 0.175. The average molecular weight is 295 g/mol. The van der Waals surface area contributed by atoms with Crippen LogP contribution in [0.1, 0.15) is 13.3 Å². The van der Waals surface area contributed by atoms with Gasteiger partial charge in [0, 0.05) is 6.54 Å². The van der Waals surface area contributed by atoms with E-state index in [0.717, 1.165) is 5.75 Å². The predicted molar refractivity (Wildman–Crippen MR) is 77.0 cm³/mol. The van der Waals surface area contributed by atoms with Crippen molar-refractivity contribution in [2.24, 2.45) is 0 Å². The molecule has 1 aromatic rings. The summed E-state index contributed by atoms with van der Waals surface area (Å²) in [6.07, 6.45) is 0.163. The molecule has 0 fully saturated rings. The molecule has 1 aromatic carbocycles. The first-order valence-corrected chi connectivity index (χ1v) is 6.90. The summed E-state index contributed by atoms with van der Waals surface area (Å²) in [6, 6.07) is 9.37. The highest BCUT2D eigenvalue weighted by atomic mass is 16.5. The number of carbonyl (C=O) groups excluding carboxylic acids is 2. The van der Waals surface area contributed by atoms with Gasteiger partial charge < -0.3 is 19.5 Å². The molecule has 0 spiro atoms. The molecule has 0 heterocycles. The molecule has 0 atom stereocenters. The molecule has 0 aromatic heterocycles. The van der Waals surface area contributed by atoms with E-state index in [1.807, 2.05) is 30.3 Å². The lowest BCUT2D eigenvalue weighted by Gasteiger charge is -2.07. The van der Waals surface area contributed by atoms with Gasteiger partial charge in [0.2, 0.25) is 5.91 Å². The van der Waals surface area contributed by atoms with Crippen molar-refractivity contribution in [3.05, 3.63) is 30.3 Å². The Morgan fingerprint density at radius 1 is 1.14 bits per heavy atom. The van der Waals surface area contributed by atoms with Crippen LogP contribution in [0, 0.1) is 0 Å². The van der Waals surface area contributed by atoms with E-state index in [-0.39, 0.29) is 31.4 Å². The molecule has 0 saturated carbocycles. The predicted octanol–water partition coefficient (Wildman–Crippen LogP) is 1.15. The zero-order valence-electron chi connectivity index (χ0n) is 12.2. The van der Waals surface area contributed by atoms with Gasteiger partial charge in [0.25, 0.3) is 0 Å². The van der Waals surface area contributed by atoms with Crippen LogP contribution in [0.25, 0.3) is 0 Å². The van der Waals surface area contributed by atoms with E-state index in [4.69, 9.17) is 14.2 Å². The van der Waals surface area contributed by atoms with Crippen molar-refractivity contribution in [3.8, 4) is 5.75 Å². The topological polar surface area (TPSA) is 73.9 Å². The van der Waals surface area contributed by atoms with Gasteiger partial charge in [0.15, 0.2) is 0 Å². The first kappa shape index (κ1) is 17.0. The number of esters is 1. The zero-order chi connectivity index (χ0) is 15.3. The second kappa shape index (κ2) is 10.7. The van der Waals surface area contributed by atoms with Gasteiger partial charge >= 0.3 is 5.97 Å². The Kier molecular flexibility index (Phi) is 8.63. The van der Waals surface area contributed by atoms with Gasteiger partial charge in [-0.2, -0.15) is 0 Å². The molecule has 0 bridgehead atoms. The maximum atomic E-state index is 11.4. The molecule has 1 N–H and O–H groups in total. The van der Waals surface area contributed by atoms with Crippen LogP contribution in [0.5, 0.6) is 5.75 Å². The second-order valence-corrected chi connectivity index (χ2v) is 4.12. The monoisotopic (exact) mass is 295 g/mol. The van der Waals surface area contributed by atoms with Crippen molar-refractivity contribution in [2.45, 2.75) is 13.3 Å². The van der Waals surface area contributed by atoms with E-state index in [9.17, 15) is 9.59 Å². The minimum absolute atomic E-state index is 0.0546. The van der Waals surface area contributed by atoms with Crippen LogP contribution in [0.3, 0.4) is 0 Å². The third-order valence-electron chi connectivity index (χ3n) is 2.43. The van der Waals surface area contributed by atoms with Crippen LogP contribution in [0.4, 0.5) is 0 Å².